The van der Waals surface area contributed by atoms with Gasteiger partial charge >= 0.3 is 0 Å². The normalized spacial score (nSPS) is 26.1. The maximum Gasteiger partial charge on any atom is 0.129 e. The first-order chi connectivity index (χ1) is 9.59. The summed E-state index contributed by atoms with van der Waals surface area (Å²) in [6, 6.07) is 4.06. The summed E-state index contributed by atoms with van der Waals surface area (Å²) < 4.78 is 33.4. The number of benzene rings is 1. The SMILES string of the molecule is CCCNCC1(Cc2c(F)cccc2F)CCOC1C. The Labute approximate surface area is 119 Å². The van der Waals surface area contributed by atoms with Crippen molar-refractivity contribution in [3.05, 3.63) is 35.4 Å². The lowest BCUT2D eigenvalue weighted by Crippen LogP contribution is -2.42. The van der Waals surface area contributed by atoms with Crippen molar-refractivity contribution in [2.45, 2.75) is 39.2 Å². The predicted molar refractivity (Wildman–Crippen MR) is 75.7 cm³/mol. The van der Waals surface area contributed by atoms with E-state index in [1.807, 2.05) is 6.92 Å². The van der Waals surface area contributed by atoms with Gasteiger partial charge in [0.25, 0.3) is 0 Å². The van der Waals surface area contributed by atoms with E-state index < -0.39 is 11.6 Å². The maximum atomic E-state index is 13.9. The van der Waals surface area contributed by atoms with Gasteiger partial charge in [0.1, 0.15) is 11.6 Å². The van der Waals surface area contributed by atoms with Crippen molar-refractivity contribution in [1.29, 1.82) is 0 Å². The number of rotatable bonds is 6. The summed E-state index contributed by atoms with van der Waals surface area (Å²) in [7, 11) is 0. The zero-order chi connectivity index (χ0) is 14.6. The van der Waals surface area contributed by atoms with Crippen molar-refractivity contribution in [3.63, 3.8) is 0 Å². The largest absolute Gasteiger partial charge is 0.378 e. The van der Waals surface area contributed by atoms with Gasteiger partial charge in [0, 0.05) is 24.1 Å². The highest BCUT2D eigenvalue weighted by Gasteiger charge is 2.42. The molecule has 2 unspecified atom stereocenters. The lowest BCUT2D eigenvalue weighted by atomic mass is 9.76. The van der Waals surface area contributed by atoms with Crippen LogP contribution < -0.4 is 5.32 Å². The second-order valence-corrected chi connectivity index (χ2v) is 5.68. The smallest absolute Gasteiger partial charge is 0.129 e. The van der Waals surface area contributed by atoms with Crippen LogP contribution in [-0.4, -0.2) is 25.8 Å². The van der Waals surface area contributed by atoms with Gasteiger partial charge in [0.2, 0.25) is 0 Å². The fourth-order valence-corrected chi connectivity index (χ4v) is 2.91. The average Bonchev–Trinajstić information content (AvgIpc) is 2.76. The number of nitrogens with one attached hydrogen (secondary N) is 1. The minimum atomic E-state index is -0.459. The molecule has 1 saturated heterocycles. The minimum Gasteiger partial charge on any atom is -0.378 e. The Morgan fingerprint density at radius 3 is 2.60 bits per heavy atom. The zero-order valence-corrected chi connectivity index (χ0v) is 12.2. The molecule has 4 heteroatoms. The molecular weight excluding hydrogens is 260 g/mol. The molecule has 0 spiro atoms. The third kappa shape index (κ3) is 3.18. The van der Waals surface area contributed by atoms with Crippen molar-refractivity contribution in [1.82, 2.24) is 5.32 Å². The average molecular weight is 283 g/mol. The first kappa shape index (κ1) is 15.4. The van der Waals surface area contributed by atoms with E-state index in [4.69, 9.17) is 4.74 Å². The first-order valence-corrected chi connectivity index (χ1v) is 7.34. The maximum absolute atomic E-state index is 13.9. The molecule has 20 heavy (non-hydrogen) atoms. The van der Waals surface area contributed by atoms with Gasteiger partial charge in [0.05, 0.1) is 6.10 Å². The van der Waals surface area contributed by atoms with Gasteiger partial charge in [0.15, 0.2) is 0 Å². The fraction of sp³-hybridized carbons (Fsp3) is 0.625. The molecule has 2 atom stereocenters. The Bertz CT molecular complexity index is 432. The van der Waals surface area contributed by atoms with Gasteiger partial charge in [-0.25, -0.2) is 8.78 Å². The molecule has 1 fully saturated rings. The van der Waals surface area contributed by atoms with Gasteiger partial charge in [-0.1, -0.05) is 13.0 Å². The summed E-state index contributed by atoms with van der Waals surface area (Å²) in [4.78, 5) is 0. The molecule has 0 saturated carbocycles. The molecule has 1 aliphatic rings. The molecular formula is C16H23F2NO. The van der Waals surface area contributed by atoms with Crippen LogP contribution in [0.4, 0.5) is 8.78 Å². The highest BCUT2D eigenvalue weighted by molar-refractivity contribution is 5.22. The van der Waals surface area contributed by atoms with E-state index in [1.54, 1.807) is 0 Å². The van der Waals surface area contributed by atoms with Gasteiger partial charge < -0.3 is 10.1 Å². The van der Waals surface area contributed by atoms with E-state index in [0.29, 0.717) is 13.0 Å². The van der Waals surface area contributed by atoms with Crippen LogP contribution in [0, 0.1) is 17.0 Å². The van der Waals surface area contributed by atoms with Gasteiger partial charge in [-0.05, 0) is 44.9 Å². The Morgan fingerprint density at radius 1 is 1.35 bits per heavy atom. The van der Waals surface area contributed by atoms with Crippen molar-refractivity contribution >= 4 is 0 Å². The molecule has 1 aliphatic heterocycles. The topological polar surface area (TPSA) is 21.3 Å². The molecule has 2 nitrogen and oxygen atoms in total. The molecule has 2 rings (SSSR count). The minimum absolute atomic E-state index is 0.00543. The fourth-order valence-electron chi connectivity index (χ4n) is 2.91. The van der Waals surface area contributed by atoms with Crippen LogP contribution in [0.15, 0.2) is 18.2 Å². The van der Waals surface area contributed by atoms with Crippen LogP contribution in [0.1, 0.15) is 32.3 Å². The number of hydrogen-bond acceptors (Lipinski definition) is 2. The van der Waals surface area contributed by atoms with Crippen LogP contribution in [0.2, 0.25) is 0 Å². The van der Waals surface area contributed by atoms with E-state index in [-0.39, 0.29) is 17.1 Å². The molecule has 1 heterocycles. The standard InChI is InChI=1S/C16H23F2NO/c1-3-8-19-11-16(7-9-20-12(16)2)10-13-14(17)5-4-6-15(13)18/h4-6,12,19H,3,7-11H2,1-2H3. The summed E-state index contributed by atoms with van der Waals surface area (Å²) in [5.41, 5.74) is -0.0405. The molecule has 112 valence electrons. The third-order valence-electron chi connectivity index (χ3n) is 4.32. The van der Waals surface area contributed by atoms with Crippen LogP contribution >= 0.6 is 0 Å². The number of ether oxygens (including phenoxy) is 1. The predicted octanol–water partition coefficient (Wildman–Crippen LogP) is 3.30. The lowest BCUT2D eigenvalue weighted by molar-refractivity contribution is 0.0623. The second kappa shape index (κ2) is 6.64. The second-order valence-electron chi connectivity index (χ2n) is 5.68. The monoisotopic (exact) mass is 283 g/mol. The van der Waals surface area contributed by atoms with E-state index in [1.165, 1.54) is 18.2 Å². The first-order valence-electron chi connectivity index (χ1n) is 7.34. The Morgan fingerprint density at radius 2 is 2.05 bits per heavy atom. The summed E-state index contributed by atoms with van der Waals surface area (Å²) in [6.45, 7) is 6.40. The third-order valence-corrected chi connectivity index (χ3v) is 4.32. The highest BCUT2D eigenvalue weighted by Crippen LogP contribution is 2.38. The molecule has 0 amide bonds. The van der Waals surface area contributed by atoms with Crippen molar-refractivity contribution in [2.75, 3.05) is 19.7 Å². The molecule has 1 aromatic carbocycles. The zero-order valence-electron chi connectivity index (χ0n) is 12.2. The molecule has 1 N–H and O–H groups in total. The molecule has 0 bridgehead atoms. The van der Waals surface area contributed by atoms with Crippen molar-refractivity contribution in [3.8, 4) is 0 Å². The number of halogens is 2. The Balaban J connectivity index is 2.20. The summed E-state index contributed by atoms with van der Waals surface area (Å²) in [5.74, 6) is -0.919. The van der Waals surface area contributed by atoms with Crippen molar-refractivity contribution < 1.29 is 13.5 Å². The van der Waals surface area contributed by atoms with Gasteiger partial charge in [-0.2, -0.15) is 0 Å². The van der Waals surface area contributed by atoms with Crippen LogP contribution in [0.5, 0.6) is 0 Å². The quantitative estimate of drug-likeness (QED) is 0.809. The van der Waals surface area contributed by atoms with E-state index in [9.17, 15) is 8.78 Å². The van der Waals surface area contributed by atoms with Gasteiger partial charge in [-0.15, -0.1) is 0 Å². The van der Waals surface area contributed by atoms with Gasteiger partial charge in [-0.3, -0.25) is 0 Å². The van der Waals surface area contributed by atoms with Crippen molar-refractivity contribution in [2.24, 2.45) is 5.41 Å². The molecule has 0 aliphatic carbocycles. The summed E-state index contributed by atoms with van der Waals surface area (Å²) in [6.07, 6.45) is 2.26. The highest BCUT2D eigenvalue weighted by atomic mass is 19.1. The molecule has 1 aromatic rings. The van der Waals surface area contributed by atoms with E-state index in [0.717, 1.165) is 25.9 Å². The number of hydrogen-bond donors (Lipinski definition) is 1. The van der Waals surface area contributed by atoms with E-state index in [2.05, 4.69) is 12.2 Å². The van der Waals surface area contributed by atoms with Crippen LogP contribution in [0.25, 0.3) is 0 Å². The summed E-state index contributed by atoms with van der Waals surface area (Å²) >= 11 is 0. The molecule has 0 radical (unpaired) electrons. The molecule has 0 aromatic heterocycles. The Hall–Kier alpha value is -1.00. The lowest BCUT2D eigenvalue weighted by Gasteiger charge is -2.33. The van der Waals surface area contributed by atoms with Crippen LogP contribution in [0.3, 0.4) is 0 Å². The summed E-state index contributed by atoms with van der Waals surface area (Å²) in [5, 5.41) is 3.38. The Kier molecular flexibility index (Phi) is 5.11. The van der Waals surface area contributed by atoms with Crippen LogP contribution in [-0.2, 0) is 11.2 Å². The van der Waals surface area contributed by atoms with E-state index >= 15 is 0 Å².